The third-order valence-electron chi connectivity index (χ3n) is 4.73. The topological polar surface area (TPSA) is 34.1 Å². The predicted octanol–water partition coefficient (Wildman–Crippen LogP) is 6.04. The quantitative estimate of drug-likeness (QED) is 0.537. The number of rotatable bonds is 5. The average molecular weight is 392 g/mol. The van der Waals surface area contributed by atoms with Gasteiger partial charge in [-0.15, -0.1) is 0 Å². The molecule has 3 rings (SSSR count). The van der Waals surface area contributed by atoms with E-state index in [2.05, 4.69) is 10.3 Å². The standard InChI is InChI=1S/C21H20F4N2O/c1-12-7-9-15-17(26-12)5-4-6-18(15)27-20(13(2)21(23,24)25)16-10-8-14(22)11-19(16)28-3/h4-11,13,20,27H,1-3H3. The first-order chi connectivity index (χ1) is 13.2. The van der Waals surface area contributed by atoms with E-state index < -0.39 is 24.0 Å². The van der Waals surface area contributed by atoms with Gasteiger partial charge in [-0.1, -0.05) is 19.1 Å². The average Bonchev–Trinajstić information content (AvgIpc) is 2.64. The van der Waals surface area contributed by atoms with Crippen LogP contribution in [-0.2, 0) is 0 Å². The normalized spacial score (nSPS) is 14.0. The number of pyridine rings is 1. The molecular weight excluding hydrogens is 372 g/mol. The van der Waals surface area contributed by atoms with Gasteiger partial charge in [0.15, 0.2) is 0 Å². The van der Waals surface area contributed by atoms with Gasteiger partial charge in [-0.2, -0.15) is 13.2 Å². The van der Waals surface area contributed by atoms with E-state index in [0.717, 1.165) is 24.8 Å². The van der Waals surface area contributed by atoms with Crippen molar-refractivity contribution in [2.24, 2.45) is 5.92 Å². The summed E-state index contributed by atoms with van der Waals surface area (Å²) < 4.78 is 59.5. The van der Waals surface area contributed by atoms with Crippen LogP contribution in [-0.4, -0.2) is 18.3 Å². The van der Waals surface area contributed by atoms with Crippen molar-refractivity contribution in [3.8, 4) is 5.75 Å². The molecule has 2 unspecified atom stereocenters. The number of ether oxygens (including phenoxy) is 1. The number of methoxy groups -OCH3 is 1. The molecule has 7 heteroatoms. The van der Waals surface area contributed by atoms with Crippen LogP contribution in [0.4, 0.5) is 23.2 Å². The number of alkyl halides is 3. The minimum atomic E-state index is -4.46. The molecular formula is C21H20F4N2O. The van der Waals surface area contributed by atoms with Crippen molar-refractivity contribution >= 4 is 16.6 Å². The van der Waals surface area contributed by atoms with Gasteiger partial charge < -0.3 is 10.1 Å². The highest BCUT2D eigenvalue weighted by molar-refractivity contribution is 5.91. The van der Waals surface area contributed by atoms with E-state index in [-0.39, 0.29) is 11.3 Å². The number of aromatic nitrogens is 1. The maximum absolute atomic E-state index is 13.6. The van der Waals surface area contributed by atoms with Crippen molar-refractivity contribution in [3.05, 3.63) is 65.6 Å². The van der Waals surface area contributed by atoms with Crippen molar-refractivity contribution in [1.29, 1.82) is 0 Å². The van der Waals surface area contributed by atoms with Crippen LogP contribution >= 0.6 is 0 Å². The van der Waals surface area contributed by atoms with Crippen molar-refractivity contribution in [2.75, 3.05) is 12.4 Å². The van der Waals surface area contributed by atoms with E-state index in [0.29, 0.717) is 16.6 Å². The second kappa shape index (κ2) is 7.66. The first-order valence-electron chi connectivity index (χ1n) is 8.73. The minimum absolute atomic E-state index is 0.0582. The molecule has 28 heavy (non-hydrogen) atoms. The number of hydrogen-bond acceptors (Lipinski definition) is 3. The molecule has 0 saturated heterocycles. The van der Waals surface area contributed by atoms with Gasteiger partial charge in [0.25, 0.3) is 0 Å². The third-order valence-corrected chi connectivity index (χ3v) is 4.73. The molecule has 0 amide bonds. The van der Waals surface area contributed by atoms with Crippen LogP contribution in [0.25, 0.3) is 10.9 Å². The Morgan fingerprint density at radius 2 is 1.82 bits per heavy atom. The smallest absolute Gasteiger partial charge is 0.393 e. The molecule has 3 aromatic rings. The highest BCUT2D eigenvalue weighted by atomic mass is 19.4. The van der Waals surface area contributed by atoms with Crippen LogP contribution in [0.15, 0.2) is 48.5 Å². The lowest BCUT2D eigenvalue weighted by Crippen LogP contribution is -2.31. The number of hydrogen-bond donors (Lipinski definition) is 1. The fourth-order valence-electron chi connectivity index (χ4n) is 3.15. The Kier molecular flexibility index (Phi) is 5.45. The molecule has 1 heterocycles. The lowest BCUT2D eigenvalue weighted by Gasteiger charge is -2.30. The molecule has 2 aromatic carbocycles. The van der Waals surface area contributed by atoms with E-state index in [1.54, 1.807) is 24.3 Å². The van der Waals surface area contributed by atoms with Crippen LogP contribution < -0.4 is 10.1 Å². The summed E-state index contributed by atoms with van der Waals surface area (Å²) in [6.07, 6.45) is -4.46. The summed E-state index contributed by atoms with van der Waals surface area (Å²) in [5, 5.41) is 3.70. The second-order valence-corrected chi connectivity index (χ2v) is 6.66. The molecule has 0 saturated carbocycles. The van der Waals surface area contributed by atoms with Gasteiger partial charge in [0, 0.05) is 28.4 Å². The summed E-state index contributed by atoms with van der Waals surface area (Å²) in [5.74, 6) is -2.27. The summed E-state index contributed by atoms with van der Waals surface area (Å²) in [7, 11) is 1.30. The van der Waals surface area contributed by atoms with Crippen LogP contribution in [0.3, 0.4) is 0 Å². The number of nitrogens with one attached hydrogen (secondary N) is 1. The van der Waals surface area contributed by atoms with Crippen molar-refractivity contribution in [1.82, 2.24) is 4.98 Å². The van der Waals surface area contributed by atoms with Crippen molar-refractivity contribution in [3.63, 3.8) is 0 Å². The zero-order chi connectivity index (χ0) is 20.5. The molecule has 3 nitrogen and oxygen atoms in total. The van der Waals surface area contributed by atoms with Gasteiger partial charge in [-0.25, -0.2) is 4.39 Å². The van der Waals surface area contributed by atoms with Crippen molar-refractivity contribution in [2.45, 2.75) is 26.1 Å². The highest BCUT2D eigenvalue weighted by Crippen LogP contribution is 2.42. The molecule has 0 aliphatic heterocycles. The van der Waals surface area contributed by atoms with Gasteiger partial charge in [-0.05, 0) is 37.3 Å². The van der Waals surface area contributed by atoms with Crippen molar-refractivity contribution < 1.29 is 22.3 Å². The Bertz CT molecular complexity index is 988. The molecule has 0 radical (unpaired) electrons. The molecule has 1 N–H and O–H groups in total. The van der Waals surface area contributed by atoms with Gasteiger partial charge in [0.05, 0.1) is 24.6 Å². The van der Waals surface area contributed by atoms with Gasteiger partial charge in [-0.3, -0.25) is 4.98 Å². The van der Waals surface area contributed by atoms with E-state index >= 15 is 0 Å². The Labute approximate surface area is 160 Å². The first-order valence-corrected chi connectivity index (χ1v) is 8.73. The third kappa shape index (κ3) is 4.03. The fraction of sp³-hybridized carbons (Fsp3) is 0.286. The van der Waals surface area contributed by atoms with E-state index in [4.69, 9.17) is 4.74 Å². The maximum Gasteiger partial charge on any atom is 0.393 e. The lowest BCUT2D eigenvalue weighted by molar-refractivity contribution is -0.173. The number of nitrogens with zero attached hydrogens (tertiary/aromatic N) is 1. The second-order valence-electron chi connectivity index (χ2n) is 6.66. The molecule has 0 spiro atoms. The Balaban J connectivity index is 2.11. The number of halogens is 4. The summed E-state index contributed by atoms with van der Waals surface area (Å²) in [4.78, 5) is 4.42. The van der Waals surface area contributed by atoms with E-state index in [1.165, 1.54) is 13.2 Å². The van der Waals surface area contributed by atoms with Gasteiger partial charge in [0.2, 0.25) is 0 Å². The predicted molar refractivity (Wildman–Crippen MR) is 101 cm³/mol. The zero-order valence-electron chi connectivity index (χ0n) is 15.6. The van der Waals surface area contributed by atoms with Crippen LogP contribution in [0.1, 0.15) is 24.2 Å². The highest BCUT2D eigenvalue weighted by Gasteiger charge is 2.43. The molecule has 1 aromatic heterocycles. The summed E-state index contributed by atoms with van der Waals surface area (Å²) in [5.41, 5.74) is 2.22. The minimum Gasteiger partial charge on any atom is -0.496 e. The molecule has 0 bridgehead atoms. The molecule has 148 valence electrons. The van der Waals surface area contributed by atoms with E-state index in [9.17, 15) is 17.6 Å². The molecule has 0 fully saturated rings. The monoisotopic (exact) mass is 392 g/mol. The Morgan fingerprint density at radius 1 is 1.07 bits per heavy atom. The van der Waals surface area contributed by atoms with Crippen LogP contribution in [0.5, 0.6) is 5.75 Å². The first kappa shape index (κ1) is 19.9. The van der Waals surface area contributed by atoms with Gasteiger partial charge >= 0.3 is 6.18 Å². The van der Waals surface area contributed by atoms with Gasteiger partial charge in [0.1, 0.15) is 11.6 Å². The lowest BCUT2D eigenvalue weighted by atomic mass is 9.92. The molecule has 0 aliphatic rings. The Morgan fingerprint density at radius 3 is 2.50 bits per heavy atom. The Hall–Kier alpha value is -2.83. The zero-order valence-corrected chi connectivity index (χ0v) is 15.6. The summed E-state index contributed by atoms with van der Waals surface area (Å²) in [6, 6.07) is 11.2. The number of anilines is 1. The number of fused-ring (bicyclic) bond motifs is 1. The molecule has 2 atom stereocenters. The number of aryl methyl sites for hydroxylation is 1. The maximum atomic E-state index is 13.6. The van der Waals surface area contributed by atoms with Crippen LogP contribution in [0.2, 0.25) is 0 Å². The SMILES string of the molecule is COc1cc(F)ccc1C(Nc1cccc2nc(C)ccc12)C(C)C(F)(F)F. The summed E-state index contributed by atoms with van der Waals surface area (Å²) in [6.45, 7) is 2.94. The fourth-order valence-corrected chi connectivity index (χ4v) is 3.15. The molecule has 0 aliphatic carbocycles. The van der Waals surface area contributed by atoms with E-state index in [1.807, 2.05) is 13.0 Å². The largest absolute Gasteiger partial charge is 0.496 e. The number of benzene rings is 2. The summed E-state index contributed by atoms with van der Waals surface area (Å²) >= 11 is 0. The van der Waals surface area contributed by atoms with Crippen LogP contribution in [0, 0.1) is 18.7 Å².